The average molecular weight is 577 g/mol. The van der Waals surface area contributed by atoms with Crippen LogP contribution in [0.2, 0.25) is 0 Å². The molecule has 0 unspecified atom stereocenters. The van der Waals surface area contributed by atoms with E-state index in [-0.39, 0.29) is 18.3 Å². The molecular weight excluding hydrogens is 539 g/mol. The quantitative estimate of drug-likeness (QED) is 0.364. The molecule has 0 saturated carbocycles. The summed E-state index contributed by atoms with van der Waals surface area (Å²) in [6.07, 6.45) is 9.80. The first kappa shape index (κ1) is 29.1. The number of nitrogens with zero attached hydrogens (tertiary/aromatic N) is 5. The Morgan fingerprint density at radius 1 is 1.00 bits per heavy atom. The third kappa shape index (κ3) is 7.88. The number of nitrogens with one attached hydrogen (secondary N) is 1. The molecule has 0 atom stereocenters. The highest BCUT2D eigenvalue weighted by Gasteiger charge is 2.17. The second-order valence-corrected chi connectivity index (χ2v) is 10.2. The minimum Gasteiger partial charge on any atom is -0.493 e. The third-order valence-corrected chi connectivity index (χ3v) is 7.23. The minimum atomic E-state index is -0.348. The minimum absolute atomic E-state index is 0.113. The highest BCUT2D eigenvalue weighted by atomic mass is 19.1. The van der Waals surface area contributed by atoms with Crippen molar-refractivity contribution in [3.63, 3.8) is 0 Å². The Hall–Kier alpha value is -4.38. The van der Waals surface area contributed by atoms with Gasteiger partial charge in [0.2, 0.25) is 0 Å². The van der Waals surface area contributed by atoms with Gasteiger partial charge in [-0.05, 0) is 68.3 Å². The van der Waals surface area contributed by atoms with Crippen molar-refractivity contribution < 1.29 is 23.4 Å². The Balaban J connectivity index is 1.32. The molecular formula is C31H37FN6O4. The van der Waals surface area contributed by atoms with E-state index < -0.39 is 0 Å². The number of benzene rings is 2. The summed E-state index contributed by atoms with van der Waals surface area (Å²) in [7, 11) is 1.62. The van der Waals surface area contributed by atoms with Gasteiger partial charge in [-0.25, -0.2) is 14.4 Å². The SMILES string of the molecule is COc1ccc2cc1OCCCN(C(=O)COc1ccc(F)cc1)CCCCN(Cc1ncc[nH]1)CCn1ccnc1-2. The van der Waals surface area contributed by atoms with E-state index in [2.05, 4.69) is 24.4 Å². The number of halogens is 1. The van der Waals surface area contributed by atoms with E-state index in [0.717, 1.165) is 49.7 Å². The fourth-order valence-electron chi connectivity index (χ4n) is 5.00. The van der Waals surface area contributed by atoms with Gasteiger partial charge in [-0.1, -0.05) is 0 Å². The predicted octanol–water partition coefficient (Wildman–Crippen LogP) is 4.39. The van der Waals surface area contributed by atoms with E-state index in [0.29, 0.717) is 49.9 Å². The molecule has 0 aliphatic carbocycles. The Morgan fingerprint density at radius 2 is 1.83 bits per heavy atom. The number of methoxy groups -OCH3 is 1. The number of rotatable bonds is 6. The summed E-state index contributed by atoms with van der Waals surface area (Å²) in [5.41, 5.74) is 0.937. The first-order valence-corrected chi connectivity index (χ1v) is 14.3. The first-order chi connectivity index (χ1) is 20.6. The number of fused-ring (bicyclic) bond motifs is 4. The van der Waals surface area contributed by atoms with Gasteiger partial charge in [0.25, 0.3) is 5.91 Å². The lowest BCUT2D eigenvalue weighted by molar-refractivity contribution is -0.133. The van der Waals surface area contributed by atoms with Crippen molar-refractivity contribution in [3.8, 4) is 28.6 Å². The molecule has 1 amide bonds. The summed E-state index contributed by atoms with van der Waals surface area (Å²) in [5, 5.41) is 0. The summed E-state index contributed by atoms with van der Waals surface area (Å²) >= 11 is 0. The fraction of sp³-hybridized carbons (Fsp3) is 0.387. The van der Waals surface area contributed by atoms with Crippen LogP contribution in [0.1, 0.15) is 25.1 Å². The number of hydrogen-bond donors (Lipinski definition) is 1. The number of aromatic nitrogens is 4. The lowest BCUT2D eigenvalue weighted by Gasteiger charge is -2.25. The second-order valence-electron chi connectivity index (χ2n) is 10.2. The molecule has 4 aromatic rings. The number of imidazole rings is 2. The molecule has 2 bridgehead atoms. The number of ether oxygens (including phenoxy) is 3. The van der Waals surface area contributed by atoms with E-state index >= 15 is 0 Å². The topological polar surface area (TPSA) is 97.7 Å². The molecule has 2 aromatic heterocycles. The van der Waals surface area contributed by atoms with Crippen molar-refractivity contribution in [2.75, 3.05) is 46.5 Å². The number of carbonyl (C=O) groups is 1. The van der Waals surface area contributed by atoms with E-state index in [1.54, 1.807) is 13.3 Å². The molecule has 0 spiro atoms. The van der Waals surface area contributed by atoms with Crippen LogP contribution in [0.15, 0.2) is 67.3 Å². The van der Waals surface area contributed by atoms with Crippen molar-refractivity contribution in [1.82, 2.24) is 29.3 Å². The van der Waals surface area contributed by atoms with Gasteiger partial charge in [-0.15, -0.1) is 0 Å². The highest BCUT2D eigenvalue weighted by Crippen LogP contribution is 2.32. The van der Waals surface area contributed by atoms with E-state index in [1.165, 1.54) is 24.3 Å². The zero-order chi connectivity index (χ0) is 29.1. The predicted molar refractivity (Wildman–Crippen MR) is 156 cm³/mol. The summed E-state index contributed by atoms with van der Waals surface area (Å²) in [5.74, 6) is 3.04. The molecule has 0 fully saturated rings. The molecule has 0 radical (unpaired) electrons. The van der Waals surface area contributed by atoms with E-state index in [9.17, 15) is 9.18 Å². The number of H-pyrrole nitrogens is 1. The van der Waals surface area contributed by atoms with Gasteiger partial charge < -0.3 is 28.7 Å². The molecule has 42 heavy (non-hydrogen) atoms. The van der Waals surface area contributed by atoms with Crippen LogP contribution in [-0.4, -0.2) is 81.7 Å². The van der Waals surface area contributed by atoms with Crippen molar-refractivity contribution >= 4 is 5.91 Å². The molecule has 11 heteroatoms. The second kappa shape index (κ2) is 14.5. The van der Waals surface area contributed by atoms with Crippen LogP contribution in [0, 0.1) is 5.82 Å². The van der Waals surface area contributed by atoms with Crippen LogP contribution in [0.4, 0.5) is 4.39 Å². The molecule has 0 saturated heterocycles. The van der Waals surface area contributed by atoms with Crippen LogP contribution in [0.3, 0.4) is 0 Å². The van der Waals surface area contributed by atoms with Crippen LogP contribution in [-0.2, 0) is 17.9 Å². The van der Waals surface area contributed by atoms with Crippen LogP contribution >= 0.6 is 0 Å². The van der Waals surface area contributed by atoms with E-state index in [1.807, 2.05) is 41.7 Å². The van der Waals surface area contributed by atoms with Crippen LogP contribution < -0.4 is 14.2 Å². The smallest absolute Gasteiger partial charge is 0.260 e. The monoisotopic (exact) mass is 576 g/mol. The lowest BCUT2D eigenvalue weighted by atomic mass is 10.2. The zero-order valence-corrected chi connectivity index (χ0v) is 23.9. The standard InChI is InChI=1S/C31H37FN6O4/c1-40-27-10-5-24-21-28(27)41-20-4-16-37(30(39)23-42-26-8-6-25(32)7-9-26)15-3-2-14-36(22-29-33-11-12-34-29)18-19-38-17-13-35-31(24)38/h5-13,17,21H,2-4,14-16,18-20,22-23H2,1H3,(H,33,34). The number of aromatic amines is 1. The number of amides is 1. The van der Waals surface area contributed by atoms with Crippen molar-refractivity contribution in [2.24, 2.45) is 0 Å². The van der Waals surface area contributed by atoms with Crippen LogP contribution in [0.25, 0.3) is 11.4 Å². The third-order valence-electron chi connectivity index (χ3n) is 7.23. The summed E-state index contributed by atoms with van der Waals surface area (Å²) < 4.78 is 32.8. The highest BCUT2D eigenvalue weighted by molar-refractivity contribution is 5.77. The summed E-state index contributed by atoms with van der Waals surface area (Å²) in [6.45, 7) is 4.53. The Bertz CT molecular complexity index is 1410. The number of carbonyl (C=O) groups excluding carboxylic acids is 1. The van der Waals surface area contributed by atoms with Crippen LogP contribution in [0.5, 0.6) is 17.2 Å². The summed E-state index contributed by atoms with van der Waals surface area (Å²) in [4.78, 5) is 29.6. The van der Waals surface area contributed by atoms with Gasteiger partial charge in [0, 0.05) is 56.5 Å². The maximum Gasteiger partial charge on any atom is 0.260 e. The van der Waals surface area contributed by atoms with Gasteiger partial charge in [0.1, 0.15) is 23.2 Å². The van der Waals surface area contributed by atoms with Gasteiger partial charge in [0.15, 0.2) is 18.1 Å². The lowest BCUT2D eigenvalue weighted by Crippen LogP contribution is -2.37. The maximum absolute atomic E-state index is 13.3. The van der Waals surface area contributed by atoms with Gasteiger partial charge >= 0.3 is 0 Å². The van der Waals surface area contributed by atoms with Crippen molar-refractivity contribution in [1.29, 1.82) is 0 Å². The Kier molecular flexibility index (Phi) is 10.1. The molecule has 3 heterocycles. The van der Waals surface area contributed by atoms with Crippen molar-refractivity contribution in [2.45, 2.75) is 32.4 Å². The van der Waals surface area contributed by atoms with Crippen molar-refractivity contribution in [3.05, 3.63) is 78.9 Å². The van der Waals surface area contributed by atoms with E-state index in [4.69, 9.17) is 14.2 Å². The average Bonchev–Trinajstić information content (AvgIpc) is 3.70. The molecule has 1 aliphatic rings. The Morgan fingerprint density at radius 3 is 2.64 bits per heavy atom. The molecule has 10 nitrogen and oxygen atoms in total. The number of hydrogen-bond acceptors (Lipinski definition) is 7. The molecule has 222 valence electrons. The van der Waals surface area contributed by atoms with Gasteiger partial charge in [-0.2, -0.15) is 0 Å². The molecule has 1 aliphatic heterocycles. The first-order valence-electron chi connectivity index (χ1n) is 14.3. The molecule has 5 rings (SSSR count). The zero-order valence-electron chi connectivity index (χ0n) is 23.9. The molecule has 1 N–H and O–H groups in total. The fourth-order valence-corrected chi connectivity index (χ4v) is 5.00. The summed E-state index contributed by atoms with van der Waals surface area (Å²) in [6, 6.07) is 11.5. The van der Waals surface area contributed by atoms with Gasteiger partial charge in [-0.3, -0.25) is 9.69 Å². The Labute approximate surface area is 245 Å². The largest absolute Gasteiger partial charge is 0.493 e. The normalized spacial score (nSPS) is 15.3. The van der Waals surface area contributed by atoms with Gasteiger partial charge in [0.05, 0.1) is 20.3 Å². The maximum atomic E-state index is 13.3. The molecule has 2 aromatic carbocycles.